The van der Waals surface area contributed by atoms with Crippen LogP contribution >= 0.6 is 0 Å². The zero-order chi connectivity index (χ0) is 86.4. The molecule has 0 saturated carbocycles. The summed E-state index contributed by atoms with van der Waals surface area (Å²) < 4.78 is 61.1. The van der Waals surface area contributed by atoms with E-state index in [-0.39, 0.29) is 94.9 Å². The van der Waals surface area contributed by atoms with Gasteiger partial charge in [0.05, 0.1) is 36.2 Å². The average molecular weight is 1650 g/mol. The molecule has 0 saturated heterocycles. The number of aliphatic hydroxyl groups is 4. The molecule has 0 radical (unpaired) electrons. The summed E-state index contributed by atoms with van der Waals surface area (Å²) in [7, 11) is 0. The number of ether oxygens (including phenoxy) is 10. The topological polar surface area (TPSA) is 241 Å². The van der Waals surface area contributed by atoms with Crippen molar-refractivity contribution < 1.29 is 87.0 Å². The van der Waals surface area contributed by atoms with Crippen LogP contribution in [0.1, 0.15) is 296 Å². The minimum absolute atomic E-state index is 0.0738. The van der Waals surface area contributed by atoms with Crippen LogP contribution in [0.3, 0.4) is 0 Å². The molecule has 4 N–H and O–H groups in total. The lowest BCUT2D eigenvalue weighted by Crippen LogP contribution is -2.30. The zero-order valence-electron chi connectivity index (χ0n) is 75.1. The van der Waals surface area contributed by atoms with Gasteiger partial charge in [0.2, 0.25) is 0 Å². The highest BCUT2D eigenvalue weighted by atomic mass is 16.6. The van der Waals surface area contributed by atoms with Gasteiger partial charge in [0.15, 0.2) is 0 Å². The molecule has 0 amide bonds. The third-order valence-corrected chi connectivity index (χ3v) is 22.8. The Hall–Kier alpha value is -7.64. The first-order chi connectivity index (χ1) is 57.2. The highest BCUT2D eigenvalue weighted by molar-refractivity contribution is 5.93. The average Bonchev–Trinajstić information content (AvgIpc) is 0.768. The number of fused-ring (bicyclic) bond motifs is 2. The zero-order valence-corrected chi connectivity index (χ0v) is 75.1. The van der Waals surface area contributed by atoms with Gasteiger partial charge < -0.3 is 67.8 Å². The molecular formula is C101H152O18. The summed E-state index contributed by atoms with van der Waals surface area (Å²) in [6.45, 7) is 29.9. The second kappa shape index (κ2) is 56.1. The van der Waals surface area contributed by atoms with E-state index in [2.05, 4.69) is 96.9 Å². The van der Waals surface area contributed by atoms with Crippen molar-refractivity contribution in [1.29, 1.82) is 0 Å². The Morgan fingerprint density at radius 2 is 0.622 bits per heavy atom. The molecule has 18 heteroatoms. The largest absolute Gasteiger partial charge is 0.494 e. The molecule has 6 aromatic carbocycles. The molecule has 18 nitrogen and oxygen atoms in total. The molecule has 0 aromatic heterocycles. The number of hydrogen-bond acceptors (Lipinski definition) is 18. The number of carbonyl (C=O) groups is 4. The van der Waals surface area contributed by atoms with Gasteiger partial charge in [-0.1, -0.05) is 237 Å². The molecule has 664 valence electrons. The number of unbranched alkanes of at least 4 members (excludes halogenated alkanes) is 8. The number of hydrogen-bond donors (Lipinski definition) is 4. The van der Waals surface area contributed by atoms with Crippen LogP contribution < -0.4 is 28.4 Å². The first-order valence-corrected chi connectivity index (χ1v) is 45.7. The number of benzene rings is 6. The summed E-state index contributed by atoms with van der Waals surface area (Å²) in [6.07, 6.45) is 22.3. The van der Waals surface area contributed by atoms with E-state index in [0.717, 1.165) is 133 Å². The van der Waals surface area contributed by atoms with Crippen LogP contribution in [0.15, 0.2) is 109 Å². The van der Waals surface area contributed by atoms with Crippen molar-refractivity contribution in [3.8, 4) is 34.5 Å². The lowest BCUT2D eigenvalue weighted by molar-refractivity contribution is -0.155. The third kappa shape index (κ3) is 39.0. The van der Waals surface area contributed by atoms with Crippen LogP contribution in [0.4, 0.5) is 0 Å². The minimum Gasteiger partial charge on any atom is -0.494 e. The van der Waals surface area contributed by atoms with Gasteiger partial charge >= 0.3 is 23.9 Å². The lowest BCUT2D eigenvalue weighted by atomic mass is 9.83. The lowest BCUT2D eigenvalue weighted by Gasteiger charge is -2.25. The number of esters is 4. The van der Waals surface area contributed by atoms with Gasteiger partial charge in [-0.25, -0.2) is 9.59 Å². The Labute approximate surface area is 714 Å². The van der Waals surface area contributed by atoms with Gasteiger partial charge in [0.1, 0.15) is 112 Å². The second-order valence-electron chi connectivity index (χ2n) is 35.7. The Balaban J connectivity index is 1.31. The molecule has 0 aliphatic rings. The smallest absolute Gasteiger partial charge is 0.338 e. The van der Waals surface area contributed by atoms with Gasteiger partial charge in [-0.2, -0.15) is 0 Å². The van der Waals surface area contributed by atoms with Crippen molar-refractivity contribution >= 4 is 45.4 Å². The Morgan fingerprint density at radius 1 is 0.303 bits per heavy atom. The van der Waals surface area contributed by atoms with E-state index in [1.54, 1.807) is 66.7 Å². The second-order valence-corrected chi connectivity index (χ2v) is 35.7. The fourth-order valence-electron chi connectivity index (χ4n) is 15.2. The van der Waals surface area contributed by atoms with E-state index in [4.69, 9.17) is 47.4 Å². The summed E-state index contributed by atoms with van der Waals surface area (Å²) >= 11 is 0. The van der Waals surface area contributed by atoms with Gasteiger partial charge in [-0.05, 0) is 205 Å². The van der Waals surface area contributed by atoms with Crippen LogP contribution in [0.2, 0.25) is 0 Å². The van der Waals surface area contributed by atoms with E-state index in [1.807, 2.05) is 42.5 Å². The van der Waals surface area contributed by atoms with Crippen LogP contribution in [0, 0.1) is 59.2 Å². The predicted molar refractivity (Wildman–Crippen MR) is 477 cm³/mol. The molecule has 0 bridgehead atoms. The maximum Gasteiger partial charge on any atom is 0.338 e. The summed E-state index contributed by atoms with van der Waals surface area (Å²) in [5.41, 5.74) is 1.81. The third-order valence-electron chi connectivity index (χ3n) is 22.8. The molecule has 10 unspecified atom stereocenters. The standard InChI is InChI=1S/C101H152O18/c1-15-17-19-21-23-57-110-86-47-41-80(42-48-86)98(106)116-66-82(102)62-112-88-51-39-78-45-55-96(114-64-84(104)67-117-99(107)81-43-49-87(50-44-81)111-58-24-22-20-18-16-2)94(92(78)59-88)61-95-93-60-89(113-63-83(103)68-118-100(108)90(76(13)35-27-31-72(7)8)53-37-74(11)33-25-29-70(3)4)52-40-79(93)46-56-97(95)115-65-85(105)69-119-101(109)91(77(14)36-28-32-73(9)10)54-38-75(12)34-26-30-71(5)6/h39-52,55-56,59-60,70-77,82-85,90-91,102-105H,15-38,53-54,57-58,61-69H2,1-14H3. The molecule has 6 aromatic rings. The fraction of sp³-hybridized carbons (Fsp3) is 0.644. The summed E-state index contributed by atoms with van der Waals surface area (Å²) in [4.78, 5) is 55.2. The van der Waals surface area contributed by atoms with Crippen molar-refractivity contribution in [3.63, 3.8) is 0 Å². The molecule has 0 aliphatic heterocycles. The van der Waals surface area contributed by atoms with Gasteiger partial charge in [-0.3, -0.25) is 9.59 Å². The number of rotatable bonds is 64. The molecule has 6 rings (SSSR count). The van der Waals surface area contributed by atoms with E-state index < -0.39 is 36.4 Å². The molecule has 0 heterocycles. The van der Waals surface area contributed by atoms with Crippen LogP contribution in [-0.2, 0) is 35.0 Å². The SMILES string of the molecule is CCCCCCCOc1ccc(C(=O)OCC(O)COc2ccc3ccc(OCC(O)COC(=O)c4ccc(OCCCCCCC)cc4)c(Cc4c(OCC(O)COC(=O)C(CCC(C)CCCC(C)C)C(C)CCCC(C)C)ccc5ccc(OCC(O)COC(=O)C(CCC(C)CCCC(C)C)C(C)CCCC(C)C)cc45)c3c2)cc1. The quantitative estimate of drug-likeness (QED) is 0.0158. The molecular weight excluding hydrogens is 1500 g/mol. The number of carbonyl (C=O) groups excluding carboxylic acids is 4. The minimum atomic E-state index is -1.29. The van der Waals surface area contributed by atoms with E-state index in [1.165, 1.54) is 38.5 Å². The normalized spacial score (nSPS) is 14.3. The predicted octanol–water partition coefficient (Wildman–Crippen LogP) is 22.7. The first kappa shape index (κ1) is 100. The fourth-order valence-corrected chi connectivity index (χ4v) is 15.2. The van der Waals surface area contributed by atoms with Gasteiger partial charge in [0.25, 0.3) is 0 Å². The Kier molecular flexibility index (Phi) is 47.2. The van der Waals surface area contributed by atoms with E-state index >= 15 is 0 Å². The highest BCUT2D eigenvalue weighted by Crippen LogP contribution is 2.40. The van der Waals surface area contributed by atoms with Crippen molar-refractivity contribution in [3.05, 3.63) is 131 Å². The van der Waals surface area contributed by atoms with Gasteiger partial charge in [-0.15, -0.1) is 0 Å². The van der Waals surface area contributed by atoms with Crippen LogP contribution in [0.25, 0.3) is 21.5 Å². The maximum atomic E-state index is 14.3. The molecule has 0 spiro atoms. The van der Waals surface area contributed by atoms with Crippen LogP contribution in [-0.4, -0.2) is 135 Å². The summed E-state index contributed by atoms with van der Waals surface area (Å²) in [5, 5.41) is 49.2. The van der Waals surface area contributed by atoms with E-state index in [0.29, 0.717) is 123 Å². The first-order valence-electron chi connectivity index (χ1n) is 45.7. The Morgan fingerprint density at radius 3 is 0.975 bits per heavy atom. The van der Waals surface area contributed by atoms with Crippen molar-refractivity contribution in [2.75, 3.05) is 66.1 Å². The summed E-state index contributed by atoms with van der Waals surface area (Å²) in [6, 6.07) is 31.8. The van der Waals surface area contributed by atoms with Crippen molar-refractivity contribution in [2.24, 2.45) is 59.2 Å². The monoisotopic (exact) mass is 1650 g/mol. The molecule has 10 atom stereocenters. The van der Waals surface area contributed by atoms with Crippen molar-refractivity contribution in [2.45, 2.75) is 295 Å². The van der Waals surface area contributed by atoms with E-state index in [9.17, 15) is 39.6 Å². The Bertz CT molecular complexity index is 3800. The van der Waals surface area contributed by atoms with Crippen LogP contribution in [0.5, 0.6) is 34.5 Å². The van der Waals surface area contributed by atoms with Gasteiger partial charge in [0, 0.05) is 17.5 Å². The highest BCUT2D eigenvalue weighted by Gasteiger charge is 2.31. The molecule has 0 fully saturated rings. The maximum absolute atomic E-state index is 14.3. The molecule has 119 heavy (non-hydrogen) atoms. The number of aliphatic hydroxyl groups excluding tert-OH is 4. The van der Waals surface area contributed by atoms with Crippen molar-refractivity contribution in [1.82, 2.24) is 0 Å². The summed E-state index contributed by atoms with van der Waals surface area (Å²) in [5.74, 6) is 3.75. The molecule has 0 aliphatic carbocycles.